The molecule has 0 aliphatic carbocycles. The molecule has 26 heavy (non-hydrogen) atoms. The van der Waals surface area contributed by atoms with Crippen LogP contribution in [-0.2, 0) is 16.1 Å². The first-order chi connectivity index (χ1) is 12.5. The summed E-state index contributed by atoms with van der Waals surface area (Å²) in [4.78, 5) is 24.0. The molecule has 2 aromatic rings. The minimum Gasteiger partial charge on any atom is -0.480 e. The number of nitrogens with zero attached hydrogens (tertiary/aromatic N) is 1. The third-order valence-electron chi connectivity index (χ3n) is 4.40. The quantitative estimate of drug-likeness (QED) is 0.897. The van der Waals surface area contributed by atoms with Crippen LogP contribution < -0.4 is 0 Å². The maximum atomic E-state index is 11.8. The SMILES string of the molecule is Cc1ccccc1C.O=C(O)[C@@H]1CCCN1C(=O)OCc1ccccc1. The molecule has 138 valence electrons. The number of benzene rings is 2. The Labute approximate surface area is 154 Å². The largest absolute Gasteiger partial charge is 0.480 e. The van der Waals surface area contributed by atoms with Gasteiger partial charge in [-0.1, -0.05) is 54.6 Å². The van der Waals surface area contributed by atoms with Crippen LogP contribution in [0.15, 0.2) is 54.6 Å². The number of hydrogen-bond donors (Lipinski definition) is 1. The fourth-order valence-corrected chi connectivity index (χ4v) is 2.71. The predicted molar refractivity (Wildman–Crippen MR) is 99.9 cm³/mol. The summed E-state index contributed by atoms with van der Waals surface area (Å²) in [6, 6.07) is 16.9. The van der Waals surface area contributed by atoms with Gasteiger partial charge in [0, 0.05) is 6.54 Å². The summed E-state index contributed by atoms with van der Waals surface area (Å²) in [5.41, 5.74) is 3.62. The fourth-order valence-electron chi connectivity index (χ4n) is 2.71. The van der Waals surface area contributed by atoms with Crippen LogP contribution in [0.4, 0.5) is 4.79 Å². The van der Waals surface area contributed by atoms with Crippen molar-refractivity contribution in [2.75, 3.05) is 6.54 Å². The molecule has 1 amide bonds. The summed E-state index contributed by atoms with van der Waals surface area (Å²) >= 11 is 0. The van der Waals surface area contributed by atoms with E-state index in [1.54, 1.807) is 0 Å². The van der Waals surface area contributed by atoms with Crippen LogP contribution in [0.5, 0.6) is 0 Å². The highest BCUT2D eigenvalue weighted by molar-refractivity contribution is 5.80. The Hall–Kier alpha value is -2.82. The van der Waals surface area contributed by atoms with E-state index in [0.717, 1.165) is 5.56 Å². The van der Waals surface area contributed by atoms with Gasteiger partial charge in [0.15, 0.2) is 0 Å². The summed E-state index contributed by atoms with van der Waals surface area (Å²) in [6.07, 6.45) is 0.649. The molecule has 0 saturated carbocycles. The number of carboxylic acids is 1. The highest BCUT2D eigenvalue weighted by Gasteiger charge is 2.34. The van der Waals surface area contributed by atoms with Gasteiger partial charge in [-0.05, 0) is 43.4 Å². The Morgan fingerprint density at radius 1 is 1.04 bits per heavy atom. The zero-order valence-corrected chi connectivity index (χ0v) is 15.2. The average molecular weight is 355 g/mol. The molecule has 1 aliphatic heterocycles. The minimum atomic E-state index is -0.968. The van der Waals surface area contributed by atoms with Crippen LogP contribution >= 0.6 is 0 Å². The summed E-state index contributed by atoms with van der Waals surface area (Å²) in [6.45, 7) is 4.86. The van der Waals surface area contributed by atoms with Crippen molar-refractivity contribution in [2.24, 2.45) is 0 Å². The normalized spacial score (nSPS) is 15.8. The summed E-state index contributed by atoms with van der Waals surface area (Å²) < 4.78 is 5.12. The zero-order valence-electron chi connectivity index (χ0n) is 15.2. The van der Waals surface area contributed by atoms with Crippen molar-refractivity contribution in [3.8, 4) is 0 Å². The van der Waals surface area contributed by atoms with Crippen LogP contribution in [0.3, 0.4) is 0 Å². The first-order valence-corrected chi connectivity index (χ1v) is 8.71. The third kappa shape index (κ3) is 5.62. The lowest BCUT2D eigenvalue weighted by molar-refractivity contribution is -0.141. The predicted octanol–water partition coefficient (Wildman–Crippen LogP) is 4.18. The van der Waals surface area contributed by atoms with Crippen molar-refractivity contribution in [1.82, 2.24) is 4.90 Å². The molecular weight excluding hydrogens is 330 g/mol. The molecule has 1 aliphatic rings. The van der Waals surface area contributed by atoms with E-state index in [1.165, 1.54) is 16.0 Å². The molecule has 1 saturated heterocycles. The van der Waals surface area contributed by atoms with Crippen LogP contribution in [0.2, 0.25) is 0 Å². The molecule has 3 rings (SSSR count). The molecule has 5 nitrogen and oxygen atoms in total. The summed E-state index contributed by atoms with van der Waals surface area (Å²) in [5.74, 6) is -0.968. The Kier molecular flexibility index (Phi) is 7.21. The van der Waals surface area contributed by atoms with Gasteiger partial charge in [0.05, 0.1) is 0 Å². The number of carbonyl (C=O) groups is 2. The molecule has 0 unspecified atom stereocenters. The van der Waals surface area contributed by atoms with E-state index in [2.05, 4.69) is 38.1 Å². The van der Waals surface area contributed by atoms with Crippen LogP contribution in [-0.4, -0.2) is 34.7 Å². The molecular formula is C21H25NO4. The number of likely N-dealkylation sites (tertiary alicyclic amines) is 1. The van der Waals surface area contributed by atoms with Gasteiger partial charge in [-0.25, -0.2) is 9.59 Å². The first kappa shape index (κ1) is 19.5. The van der Waals surface area contributed by atoms with Crippen molar-refractivity contribution < 1.29 is 19.4 Å². The second-order valence-electron chi connectivity index (χ2n) is 6.31. The maximum Gasteiger partial charge on any atom is 0.410 e. The lowest BCUT2D eigenvalue weighted by Crippen LogP contribution is -2.40. The molecule has 1 fully saturated rings. The van der Waals surface area contributed by atoms with Crippen molar-refractivity contribution in [3.05, 3.63) is 71.3 Å². The monoisotopic (exact) mass is 355 g/mol. The van der Waals surface area contributed by atoms with Crippen LogP contribution in [0, 0.1) is 13.8 Å². The van der Waals surface area contributed by atoms with Gasteiger partial charge in [-0.3, -0.25) is 4.90 Å². The molecule has 5 heteroatoms. The van der Waals surface area contributed by atoms with E-state index >= 15 is 0 Å². The molecule has 2 aromatic carbocycles. The van der Waals surface area contributed by atoms with Crippen molar-refractivity contribution in [3.63, 3.8) is 0 Å². The first-order valence-electron chi connectivity index (χ1n) is 8.71. The standard InChI is InChI=1S/C13H15NO4.C8H10/c15-12(16)11-7-4-8-14(11)13(17)18-9-10-5-2-1-3-6-10;1-7-5-3-4-6-8(7)2/h1-3,5-6,11H,4,7-9H2,(H,15,16);3-6H,1-2H3/t11-;/m0./s1. The van der Waals surface area contributed by atoms with Crippen LogP contribution in [0.1, 0.15) is 29.5 Å². The van der Waals surface area contributed by atoms with Gasteiger partial charge in [-0.2, -0.15) is 0 Å². The smallest absolute Gasteiger partial charge is 0.410 e. The van der Waals surface area contributed by atoms with Gasteiger partial charge >= 0.3 is 12.1 Å². The van der Waals surface area contributed by atoms with Crippen LogP contribution in [0.25, 0.3) is 0 Å². The number of ether oxygens (including phenoxy) is 1. The molecule has 1 N–H and O–H groups in total. The van der Waals surface area contributed by atoms with E-state index in [-0.39, 0.29) is 6.61 Å². The average Bonchev–Trinajstić information content (AvgIpc) is 3.14. The summed E-state index contributed by atoms with van der Waals surface area (Å²) in [7, 11) is 0. The second-order valence-corrected chi connectivity index (χ2v) is 6.31. The third-order valence-corrected chi connectivity index (χ3v) is 4.40. The number of amides is 1. The van der Waals surface area contributed by atoms with E-state index in [1.807, 2.05) is 30.3 Å². The van der Waals surface area contributed by atoms with Gasteiger partial charge in [0.25, 0.3) is 0 Å². The second kappa shape index (κ2) is 9.61. The summed E-state index contributed by atoms with van der Waals surface area (Å²) in [5, 5.41) is 8.97. The lowest BCUT2D eigenvalue weighted by atomic mass is 10.1. The fraction of sp³-hybridized carbons (Fsp3) is 0.333. The molecule has 0 spiro atoms. The van der Waals surface area contributed by atoms with Crippen molar-refractivity contribution >= 4 is 12.1 Å². The van der Waals surface area contributed by atoms with Gasteiger partial charge < -0.3 is 9.84 Å². The minimum absolute atomic E-state index is 0.169. The molecule has 1 atom stereocenters. The molecule has 0 bridgehead atoms. The number of carbonyl (C=O) groups excluding carboxylic acids is 1. The van der Waals surface area contributed by atoms with Crippen molar-refractivity contribution in [1.29, 1.82) is 0 Å². The highest BCUT2D eigenvalue weighted by atomic mass is 16.6. The maximum absolute atomic E-state index is 11.8. The number of aliphatic carboxylic acids is 1. The van der Waals surface area contributed by atoms with E-state index in [9.17, 15) is 9.59 Å². The molecule has 1 heterocycles. The number of carboxylic acid groups (broad SMARTS) is 1. The Morgan fingerprint density at radius 2 is 1.62 bits per heavy atom. The topological polar surface area (TPSA) is 66.8 Å². The van der Waals surface area contributed by atoms with Gasteiger partial charge in [-0.15, -0.1) is 0 Å². The van der Waals surface area contributed by atoms with E-state index in [0.29, 0.717) is 19.4 Å². The molecule has 0 radical (unpaired) electrons. The van der Waals surface area contributed by atoms with Crippen molar-refractivity contribution in [2.45, 2.75) is 39.3 Å². The number of rotatable bonds is 3. The Bertz CT molecular complexity index is 709. The Morgan fingerprint density at radius 3 is 2.15 bits per heavy atom. The highest BCUT2D eigenvalue weighted by Crippen LogP contribution is 2.18. The number of aryl methyl sites for hydroxylation is 2. The van der Waals surface area contributed by atoms with Gasteiger partial charge in [0.2, 0.25) is 0 Å². The number of hydrogen-bond acceptors (Lipinski definition) is 3. The molecule has 0 aromatic heterocycles. The lowest BCUT2D eigenvalue weighted by Gasteiger charge is -2.20. The van der Waals surface area contributed by atoms with Gasteiger partial charge in [0.1, 0.15) is 12.6 Å². The van der Waals surface area contributed by atoms with E-state index < -0.39 is 18.1 Å². The zero-order chi connectivity index (χ0) is 18.9. The Balaban J connectivity index is 0.000000254. The van der Waals surface area contributed by atoms with E-state index in [4.69, 9.17) is 9.84 Å².